The molecule has 166 valence electrons. The van der Waals surface area contributed by atoms with Crippen molar-refractivity contribution in [2.24, 2.45) is 5.73 Å². The first-order valence-corrected chi connectivity index (χ1v) is 8.77. The first-order chi connectivity index (χ1) is 14.1. The summed E-state index contributed by atoms with van der Waals surface area (Å²) in [5, 5.41) is 8.99. The van der Waals surface area contributed by atoms with Gasteiger partial charge >= 0.3 is 18.1 Å². The number of carbonyl (C=O) groups excluding carboxylic acids is 1. The van der Waals surface area contributed by atoms with Crippen LogP contribution in [0.4, 0.5) is 13.2 Å². The number of pyridine rings is 1. The summed E-state index contributed by atoms with van der Waals surface area (Å²) >= 11 is 0. The third-order valence-electron chi connectivity index (χ3n) is 3.90. The van der Waals surface area contributed by atoms with Crippen molar-refractivity contribution in [3.63, 3.8) is 0 Å². The quantitative estimate of drug-likeness (QED) is 0.641. The Hall–Kier alpha value is -3.08. The number of carbonyl (C=O) groups is 2. The molecule has 3 N–H and O–H groups in total. The van der Waals surface area contributed by atoms with E-state index in [1.807, 2.05) is 12.1 Å². The zero-order valence-electron chi connectivity index (χ0n) is 16.7. The number of rotatable bonds is 7. The van der Waals surface area contributed by atoms with Gasteiger partial charge in [-0.25, -0.2) is 4.79 Å². The van der Waals surface area contributed by atoms with Crippen molar-refractivity contribution in [3.8, 4) is 11.5 Å². The fourth-order valence-electron chi connectivity index (χ4n) is 2.51. The highest BCUT2D eigenvalue weighted by molar-refractivity contribution is 5.91. The van der Waals surface area contributed by atoms with E-state index in [9.17, 15) is 18.0 Å². The standard InChI is InChI=1S/C17H22N2O4.C2HF3O2/c1-4-23-17(20)6-5-11-10-19-14(9-18)13-8-16(22-3)15(21-2)7-12(11)13;3-2(4,5)1(6)7/h7-8,10H,4-6,9,18H2,1-3H3;(H,6,7). The average Bonchev–Trinajstić information content (AvgIpc) is 2.70. The van der Waals surface area contributed by atoms with Gasteiger partial charge in [0, 0.05) is 24.5 Å². The number of hydrogen-bond acceptors (Lipinski definition) is 7. The molecular formula is C19H23F3N2O6. The second-order valence-corrected chi connectivity index (χ2v) is 5.79. The molecule has 2 rings (SSSR count). The Balaban J connectivity index is 0.000000553. The molecule has 0 saturated carbocycles. The highest BCUT2D eigenvalue weighted by Crippen LogP contribution is 2.35. The van der Waals surface area contributed by atoms with Crippen LogP contribution in [0.2, 0.25) is 0 Å². The Labute approximate surface area is 170 Å². The van der Waals surface area contributed by atoms with Crippen molar-refractivity contribution in [1.29, 1.82) is 0 Å². The lowest BCUT2D eigenvalue weighted by atomic mass is 10.0. The summed E-state index contributed by atoms with van der Waals surface area (Å²) in [6, 6.07) is 3.77. The number of nitrogens with two attached hydrogens (primary N) is 1. The summed E-state index contributed by atoms with van der Waals surface area (Å²) in [5.74, 6) is -1.72. The fourth-order valence-corrected chi connectivity index (χ4v) is 2.51. The number of halogens is 3. The molecule has 1 aromatic heterocycles. The van der Waals surface area contributed by atoms with E-state index in [0.717, 1.165) is 22.0 Å². The van der Waals surface area contributed by atoms with Crippen molar-refractivity contribution in [3.05, 3.63) is 29.6 Å². The smallest absolute Gasteiger partial charge is 0.490 e. The molecule has 0 fully saturated rings. The molecule has 0 spiro atoms. The van der Waals surface area contributed by atoms with Crippen LogP contribution in [-0.2, 0) is 27.3 Å². The van der Waals surface area contributed by atoms with Crippen LogP contribution >= 0.6 is 0 Å². The lowest BCUT2D eigenvalue weighted by Crippen LogP contribution is -2.21. The Morgan fingerprint density at radius 3 is 2.10 bits per heavy atom. The van der Waals surface area contributed by atoms with Gasteiger partial charge in [0.15, 0.2) is 11.5 Å². The Morgan fingerprint density at radius 1 is 1.13 bits per heavy atom. The molecule has 1 heterocycles. The highest BCUT2D eigenvalue weighted by atomic mass is 19.4. The monoisotopic (exact) mass is 432 g/mol. The highest BCUT2D eigenvalue weighted by Gasteiger charge is 2.38. The topological polar surface area (TPSA) is 121 Å². The summed E-state index contributed by atoms with van der Waals surface area (Å²) in [4.78, 5) is 24.9. The Morgan fingerprint density at radius 2 is 1.67 bits per heavy atom. The first-order valence-electron chi connectivity index (χ1n) is 8.77. The molecule has 0 unspecified atom stereocenters. The van der Waals surface area contributed by atoms with Crippen LogP contribution in [0.15, 0.2) is 18.3 Å². The number of methoxy groups -OCH3 is 2. The van der Waals surface area contributed by atoms with Gasteiger partial charge in [0.1, 0.15) is 0 Å². The molecule has 0 aliphatic rings. The van der Waals surface area contributed by atoms with Gasteiger partial charge in [-0.2, -0.15) is 13.2 Å². The van der Waals surface area contributed by atoms with Crippen molar-refractivity contribution in [2.45, 2.75) is 32.5 Å². The molecule has 0 saturated heterocycles. The van der Waals surface area contributed by atoms with Crippen molar-refractivity contribution in [1.82, 2.24) is 4.98 Å². The maximum Gasteiger partial charge on any atom is 0.490 e. The van der Waals surface area contributed by atoms with E-state index in [1.54, 1.807) is 27.3 Å². The minimum absolute atomic E-state index is 0.218. The van der Waals surface area contributed by atoms with E-state index < -0.39 is 12.1 Å². The molecule has 2 aromatic rings. The summed E-state index contributed by atoms with van der Waals surface area (Å²) in [7, 11) is 3.18. The molecule has 0 aliphatic carbocycles. The number of hydrogen-bond donors (Lipinski definition) is 2. The van der Waals surface area contributed by atoms with Crippen molar-refractivity contribution >= 4 is 22.7 Å². The van der Waals surface area contributed by atoms with Crippen LogP contribution < -0.4 is 15.2 Å². The van der Waals surface area contributed by atoms with Crippen LogP contribution in [0, 0.1) is 0 Å². The average molecular weight is 432 g/mol. The Bertz CT molecular complexity index is 887. The number of aliphatic carboxylic acids is 1. The van der Waals surface area contributed by atoms with Gasteiger partial charge in [-0.3, -0.25) is 9.78 Å². The molecule has 11 heteroatoms. The fraction of sp³-hybridized carbons (Fsp3) is 0.421. The molecule has 1 aromatic carbocycles. The first kappa shape index (κ1) is 25.0. The third-order valence-corrected chi connectivity index (χ3v) is 3.90. The molecule has 30 heavy (non-hydrogen) atoms. The second kappa shape index (κ2) is 11.2. The number of alkyl halides is 3. The zero-order chi connectivity index (χ0) is 22.9. The van der Waals surface area contributed by atoms with Crippen LogP contribution in [0.5, 0.6) is 11.5 Å². The molecule has 0 amide bonds. The van der Waals surface area contributed by atoms with E-state index in [-0.39, 0.29) is 5.97 Å². The summed E-state index contributed by atoms with van der Waals surface area (Å²) in [5.41, 5.74) is 7.51. The van der Waals surface area contributed by atoms with Gasteiger partial charge in [0.25, 0.3) is 0 Å². The maximum absolute atomic E-state index is 11.6. The predicted molar refractivity (Wildman–Crippen MR) is 101 cm³/mol. The zero-order valence-corrected chi connectivity index (χ0v) is 16.7. The molecule has 0 aliphatic heterocycles. The number of benzene rings is 1. The summed E-state index contributed by atoms with van der Waals surface area (Å²) in [6.45, 7) is 2.50. The van der Waals surface area contributed by atoms with Crippen LogP contribution in [0.1, 0.15) is 24.6 Å². The molecular weight excluding hydrogens is 409 g/mol. The molecule has 8 nitrogen and oxygen atoms in total. The Kier molecular flexibility index (Phi) is 9.31. The number of esters is 1. The lowest BCUT2D eigenvalue weighted by Gasteiger charge is -2.14. The van der Waals surface area contributed by atoms with Gasteiger partial charge < -0.3 is 25.1 Å². The summed E-state index contributed by atoms with van der Waals surface area (Å²) < 4.78 is 47.4. The number of nitrogens with zero attached hydrogens (tertiary/aromatic N) is 1. The molecule has 0 radical (unpaired) electrons. The third kappa shape index (κ3) is 6.76. The normalized spacial score (nSPS) is 10.8. The molecule has 0 bridgehead atoms. The number of aryl methyl sites for hydroxylation is 1. The van der Waals surface area contributed by atoms with E-state index in [2.05, 4.69) is 4.98 Å². The van der Waals surface area contributed by atoms with Crippen LogP contribution in [0.3, 0.4) is 0 Å². The van der Waals surface area contributed by atoms with Crippen LogP contribution in [0.25, 0.3) is 10.8 Å². The van der Waals surface area contributed by atoms with Crippen molar-refractivity contribution in [2.75, 3.05) is 20.8 Å². The SMILES string of the molecule is CCOC(=O)CCc1cnc(CN)c2cc(OC)c(OC)cc12.O=C(O)C(F)(F)F. The van der Waals surface area contributed by atoms with E-state index in [4.69, 9.17) is 29.8 Å². The predicted octanol–water partition coefficient (Wildman–Crippen LogP) is 2.84. The number of fused-ring (bicyclic) bond motifs is 1. The van der Waals surface area contributed by atoms with Gasteiger partial charge in [0.2, 0.25) is 0 Å². The number of ether oxygens (including phenoxy) is 3. The van der Waals surface area contributed by atoms with Crippen LogP contribution in [-0.4, -0.2) is 49.0 Å². The van der Waals surface area contributed by atoms with Crippen molar-refractivity contribution < 1.29 is 42.1 Å². The molecule has 0 atom stereocenters. The number of carboxylic acid groups (broad SMARTS) is 1. The lowest BCUT2D eigenvalue weighted by molar-refractivity contribution is -0.192. The number of aromatic nitrogens is 1. The van der Waals surface area contributed by atoms with E-state index in [0.29, 0.717) is 37.5 Å². The van der Waals surface area contributed by atoms with E-state index >= 15 is 0 Å². The van der Waals surface area contributed by atoms with Gasteiger partial charge in [-0.1, -0.05) is 0 Å². The maximum atomic E-state index is 11.6. The van der Waals surface area contributed by atoms with Gasteiger partial charge in [-0.15, -0.1) is 0 Å². The summed E-state index contributed by atoms with van der Waals surface area (Å²) in [6.07, 6.45) is -2.47. The largest absolute Gasteiger partial charge is 0.493 e. The minimum atomic E-state index is -5.08. The van der Waals surface area contributed by atoms with Gasteiger partial charge in [-0.05, 0) is 36.4 Å². The van der Waals surface area contributed by atoms with E-state index in [1.165, 1.54) is 0 Å². The second-order valence-electron chi connectivity index (χ2n) is 5.79. The number of carboxylic acids is 1. The van der Waals surface area contributed by atoms with Gasteiger partial charge in [0.05, 0.1) is 26.5 Å². The minimum Gasteiger partial charge on any atom is -0.493 e.